The lowest BCUT2D eigenvalue weighted by Crippen LogP contribution is -2.12. The standard InChI is InChI=1S/C14H18N4O2/c1-3-4-5-14(19)17-12-7-6-11(8-13(12)20-2)18-9-15-16-10-18/h6-10H,3-5H2,1-2H3,(H,17,19). The Morgan fingerprint density at radius 2 is 2.10 bits per heavy atom. The molecule has 106 valence electrons. The Kier molecular flexibility index (Phi) is 4.70. The average Bonchev–Trinajstić information content (AvgIpc) is 2.99. The van der Waals surface area contributed by atoms with E-state index < -0.39 is 0 Å². The third kappa shape index (κ3) is 3.34. The molecule has 2 aromatic rings. The van der Waals surface area contributed by atoms with Crippen LogP contribution < -0.4 is 10.1 Å². The predicted molar refractivity (Wildman–Crippen MR) is 76.1 cm³/mol. The smallest absolute Gasteiger partial charge is 0.224 e. The highest BCUT2D eigenvalue weighted by Gasteiger charge is 2.09. The SMILES string of the molecule is CCCCC(=O)Nc1ccc(-n2cnnc2)cc1OC. The second-order valence-corrected chi connectivity index (χ2v) is 4.41. The van der Waals surface area contributed by atoms with E-state index in [1.165, 1.54) is 0 Å². The van der Waals surface area contributed by atoms with Crippen molar-refractivity contribution in [3.05, 3.63) is 30.9 Å². The number of carbonyl (C=O) groups excluding carboxylic acids is 1. The van der Waals surface area contributed by atoms with Crippen LogP contribution in [0.4, 0.5) is 5.69 Å². The zero-order valence-corrected chi connectivity index (χ0v) is 11.7. The van der Waals surface area contributed by atoms with E-state index in [1.54, 1.807) is 24.3 Å². The first-order valence-electron chi connectivity index (χ1n) is 6.57. The largest absolute Gasteiger partial charge is 0.494 e. The van der Waals surface area contributed by atoms with Crippen LogP contribution in [-0.2, 0) is 4.79 Å². The number of carbonyl (C=O) groups is 1. The van der Waals surface area contributed by atoms with Crippen LogP contribution >= 0.6 is 0 Å². The second kappa shape index (κ2) is 6.70. The van der Waals surface area contributed by atoms with Gasteiger partial charge in [-0.1, -0.05) is 13.3 Å². The number of benzene rings is 1. The Morgan fingerprint density at radius 1 is 1.35 bits per heavy atom. The number of nitrogens with one attached hydrogen (secondary N) is 1. The van der Waals surface area contributed by atoms with Crippen molar-refractivity contribution in [2.24, 2.45) is 0 Å². The number of nitrogens with zero attached hydrogens (tertiary/aromatic N) is 3. The lowest BCUT2D eigenvalue weighted by molar-refractivity contribution is -0.116. The minimum atomic E-state index is 0.00203. The van der Waals surface area contributed by atoms with E-state index in [0.717, 1.165) is 18.5 Å². The Morgan fingerprint density at radius 3 is 2.75 bits per heavy atom. The third-order valence-electron chi connectivity index (χ3n) is 2.93. The van der Waals surface area contributed by atoms with Crippen molar-refractivity contribution in [2.45, 2.75) is 26.2 Å². The first kappa shape index (κ1) is 14.0. The van der Waals surface area contributed by atoms with Gasteiger partial charge in [-0.05, 0) is 18.6 Å². The molecule has 0 fully saturated rings. The summed E-state index contributed by atoms with van der Waals surface area (Å²) < 4.78 is 7.09. The summed E-state index contributed by atoms with van der Waals surface area (Å²) >= 11 is 0. The number of hydrogen-bond acceptors (Lipinski definition) is 4. The minimum Gasteiger partial charge on any atom is -0.494 e. The maximum Gasteiger partial charge on any atom is 0.224 e. The summed E-state index contributed by atoms with van der Waals surface area (Å²) in [6.07, 6.45) is 5.61. The molecule has 0 aliphatic heterocycles. The van der Waals surface area contributed by atoms with E-state index in [9.17, 15) is 4.79 Å². The monoisotopic (exact) mass is 274 g/mol. The van der Waals surface area contributed by atoms with Gasteiger partial charge in [0.1, 0.15) is 18.4 Å². The molecule has 1 aromatic heterocycles. The van der Waals surface area contributed by atoms with Crippen LogP contribution in [0.1, 0.15) is 26.2 Å². The predicted octanol–water partition coefficient (Wildman–Crippen LogP) is 2.40. The molecule has 0 radical (unpaired) electrons. The molecule has 0 saturated heterocycles. The normalized spacial score (nSPS) is 10.3. The molecule has 2 rings (SSSR count). The van der Waals surface area contributed by atoms with E-state index in [0.29, 0.717) is 17.9 Å². The topological polar surface area (TPSA) is 69.0 Å². The molecule has 0 saturated carbocycles. The van der Waals surface area contributed by atoms with Crippen molar-refractivity contribution in [2.75, 3.05) is 12.4 Å². The molecule has 0 unspecified atom stereocenters. The van der Waals surface area contributed by atoms with Crippen LogP contribution in [0.25, 0.3) is 5.69 Å². The van der Waals surface area contributed by atoms with Gasteiger partial charge in [0, 0.05) is 12.5 Å². The van der Waals surface area contributed by atoms with E-state index in [4.69, 9.17) is 4.74 Å². The lowest BCUT2D eigenvalue weighted by atomic mass is 10.2. The maximum atomic E-state index is 11.8. The van der Waals surface area contributed by atoms with Gasteiger partial charge >= 0.3 is 0 Å². The van der Waals surface area contributed by atoms with Crippen molar-refractivity contribution in [3.8, 4) is 11.4 Å². The molecular formula is C14H18N4O2. The molecule has 1 heterocycles. The quantitative estimate of drug-likeness (QED) is 0.878. The van der Waals surface area contributed by atoms with E-state index in [2.05, 4.69) is 22.4 Å². The molecule has 0 aliphatic carbocycles. The van der Waals surface area contributed by atoms with Gasteiger partial charge in [-0.15, -0.1) is 10.2 Å². The van der Waals surface area contributed by atoms with Crippen molar-refractivity contribution >= 4 is 11.6 Å². The van der Waals surface area contributed by atoms with Gasteiger partial charge < -0.3 is 10.1 Å². The number of aromatic nitrogens is 3. The summed E-state index contributed by atoms with van der Waals surface area (Å²) in [5.74, 6) is 0.614. The van der Waals surface area contributed by atoms with Crippen molar-refractivity contribution in [1.29, 1.82) is 0 Å². The van der Waals surface area contributed by atoms with Gasteiger partial charge in [-0.25, -0.2) is 0 Å². The maximum absolute atomic E-state index is 11.8. The molecule has 0 bridgehead atoms. The highest BCUT2D eigenvalue weighted by molar-refractivity contribution is 5.92. The van der Waals surface area contributed by atoms with E-state index in [1.807, 2.05) is 18.2 Å². The zero-order chi connectivity index (χ0) is 14.4. The Bertz CT molecular complexity index is 567. The van der Waals surface area contributed by atoms with Gasteiger partial charge in [-0.2, -0.15) is 0 Å². The third-order valence-corrected chi connectivity index (χ3v) is 2.93. The molecular weight excluding hydrogens is 256 g/mol. The van der Waals surface area contributed by atoms with Crippen LogP contribution in [0.15, 0.2) is 30.9 Å². The molecule has 20 heavy (non-hydrogen) atoms. The highest BCUT2D eigenvalue weighted by Crippen LogP contribution is 2.27. The van der Waals surface area contributed by atoms with Gasteiger partial charge in [0.15, 0.2) is 0 Å². The molecule has 6 heteroatoms. The Balaban J connectivity index is 2.16. The zero-order valence-electron chi connectivity index (χ0n) is 11.7. The number of anilines is 1. The number of amides is 1. The number of methoxy groups -OCH3 is 1. The average molecular weight is 274 g/mol. The number of ether oxygens (including phenoxy) is 1. The number of rotatable bonds is 6. The summed E-state index contributed by atoms with van der Waals surface area (Å²) in [5.41, 5.74) is 1.55. The van der Waals surface area contributed by atoms with Crippen molar-refractivity contribution in [3.63, 3.8) is 0 Å². The summed E-state index contributed by atoms with van der Waals surface area (Å²) in [7, 11) is 1.58. The first-order valence-corrected chi connectivity index (χ1v) is 6.57. The van der Waals surface area contributed by atoms with Gasteiger partial charge in [0.25, 0.3) is 0 Å². The van der Waals surface area contributed by atoms with Crippen LogP contribution in [0.3, 0.4) is 0 Å². The molecule has 0 spiro atoms. The lowest BCUT2D eigenvalue weighted by Gasteiger charge is -2.12. The number of unbranched alkanes of at least 4 members (excludes halogenated alkanes) is 1. The van der Waals surface area contributed by atoms with Crippen LogP contribution in [0, 0.1) is 0 Å². The molecule has 1 N–H and O–H groups in total. The summed E-state index contributed by atoms with van der Waals surface area (Å²) in [6.45, 7) is 2.06. The van der Waals surface area contributed by atoms with E-state index >= 15 is 0 Å². The molecule has 0 atom stereocenters. The minimum absolute atomic E-state index is 0.00203. The highest BCUT2D eigenvalue weighted by atomic mass is 16.5. The van der Waals surface area contributed by atoms with Crippen molar-refractivity contribution < 1.29 is 9.53 Å². The van der Waals surface area contributed by atoms with Crippen LogP contribution in [0.5, 0.6) is 5.75 Å². The first-order chi connectivity index (χ1) is 9.74. The Labute approximate surface area is 117 Å². The van der Waals surface area contributed by atoms with E-state index in [-0.39, 0.29) is 5.91 Å². The van der Waals surface area contributed by atoms with Crippen LogP contribution in [-0.4, -0.2) is 27.8 Å². The van der Waals surface area contributed by atoms with Crippen LogP contribution in [0.2, 0.25) is 0 Å². The summed E-state index contributed by atoms with van der Waals surface area (Å²) in [5, 5.41) is 10.4. The van der Waals surface area contributed by atoms with Crippen molar-refractivity contribution in [1.82, 2.24) is 14.8 Å². The van der Waals surface area contributed by atoms with Gasteiger partial charge in [0.2, 0.25) is 5.91 Å². The van der Waals surface area contributed by atoms with Gasteiger partial charge in [-0.3, -0.25) is 9.36 Å². The fourth-order valence-electron chi connectivity index (χ4n) is 1.83. The summed E-state index contributed by atoms with van der Waals surface area (Å²) in [6, 6.07) is 5.53. The molecule has 1 amide bonds. The summed E-state index contributed by atoms with van der Waals surface area (Å²) in [4.78, 5) is 11.8. The molecule has 0 aliphatic rings. The number of hydrogen-bond donors (Lipinski definition) is 1. The van der Waals surface area contributed by atoms with Gasteiger partial charge in [0.05, 0.1) is 18.5 Å². The second-order valence-electron chi connectivity index (χ2n) is 4.41. The fraction of sp³-hybridized carbons (Fsp3) is 0.357. The molecule has 1 aromatic carbocycles. The molecule has 6 nitrogen and oxygen atoms in total. The fourth-order valence-corrected chi connectivity index (χ4v) is 1.83. The Hall–Kier alpha value is -2.37.